The van der Waals surface area contributed by atoms with Crippen LogP contribution in [-0.4, -0.2) is 17.2 Å². The third-order valence-corrected chi connectivity index (χ3v) is 2.91. The van der Waals surface area contributed by atoms with Gasteiger partial charge in [0.1, 0.15) is 0 Å². The van der Waals surface area contributed by atoms with Crippen LogP contribution in [0.1, 0.15) is 19.8 Å². The molecule has 0 saturated carbocycles. The first-order valence-electron chi connectivity index (χ1n) is 4.27. The zero-order chi connectivity index (χ0) is 10.3. The van der Waals surface area contributed by atoms with Crippen LogP contribution in [0.2, 0.25) is 0 Å². The molecule has 13 heavy (non-hydrogen) atoms. The molecule has 0 fully saturated rings. The summed E-state index contributed by atoms with van der Waals surface area (Å²) in [5.74, 6) is 0. The van der Waals surface area contributed by atoms with Gasteiger partial charge in [-0.25, -0.2) is 0 Å². The van der Waals surface area contributed by atoms with Crippen molar-refractivity contribution in [3.8, 4) is 0 Å². The molecule has 2 atom stereocenters. The van der Waals surface area contributed by atoms with Crippen LogP contribution >= 0.6 is 7.60 Å². The molecule has 3 nitrogen and oxygen atoms in total. The van der Waals surface area contributed by atoms with Crippen LogP contribution in [-0.2, 0) is 9.09 Å². The van der Waals surface area contributed by atoms with Gasteiger partial charge in [-0.3, -0.25) is 4.57 Å². The highest BCUT2D eigenvalue weighted by Gasteiger charge is 2.21. The van der Waals surface area contributed by atoms with Crippen LogP contribution in [0, 0.1) is 0 Å². The van der Waals surface area contributed by atoms with Crippen molar-refractivity contribution in [1.82, 2.24) is 0 Å². The molecule has 0 amide bonds. The second kappa shape index (κ2) is 6.14. The van der Waals surface area contributed by atoms with Gasteiger partial charge in [0.2, 0.25) is 0 Å². The average Bonchev–Trinajstić information content (AvgIpc) is 2.03. The van der Waals surface area contributed by atoms with Crippen molar-refractivity contribution in [2.45, 2.75) is 25.9 Å². The molecule has 0 aliphatic carbocycles. The highest BCUT2D eigenvalue weighted by atomic mass is 31.2. The third-order valence-electron chi connectivity index (χ3n) is 1.56. The molecule has 2 unspecified atom stereocenters. The quantitative estimate of drug-likeness (QED) is 0.512. The lowest BCUT2D eigenvalue weighted by atomic mass is 10.2. The molecule has 0 saturated heterocycles. The van der Waals surface area contributed by atoms with E-state index in [4.69, 9.17) is 4.52 Å². The summed E-state index contributed by atoms with van der Waals surface area (Å²) in [5.41, 5.74) is 0. The molecule has 1 N–H and O–H groups in total. The van der Waals surface area contributed by atoms with E-state index in [0.29, 0.717) is 12.8 Å². The second-order valence-electron chi connectivity index (χ2n) is 2.77. The normalized spacial score (nSPS) is 17.4. The molecular weight excluding hydrogens is 187 g/mol. The van der Waals surface area contributed by atoms with E-state index in [0.717, 1.165) is 0 Å². The highest BCUT2D eigenvalue weighted by Crippen LogP contribution is 2.44. The summed E-state index contributed by atoms with van der Waals surface area (Å²) in [7, 11) is -3.46. The Bertz CT molecular complexity index is 213. The molecule has 0 heterocycles. The lowest BCUT2D eigenvalue weighted by molar-refractivity contribution is 0.173. The van der Waals surface area contributed by atoms with Gasteiger partial charge in [-0.1, -0.05) is 19.1 Å². The second-order valence-corrected chi connectivity index (χ2v) is 4.62. The van der Waals surface area contributed by atoms with E-state index in [1.165, 1.54) is 6.08 Å². The van der Waals surface area contributed by atoms with Gasteiger partial charge in [0, 0.05) is 0 Å². The smallest absolute Gasteiger partial charge is 0.324 e. The Kier molecular flexibility index (Phi) is 5.97. The summed E-state index contributed by atoms with van der Waals surface area (Å²) < 4.78 is 16.3. The molecule has 0 aromatic rings. The van der Waals surface area contributed by atoms with E-state index in [2.05, 4.69) is 13.2 Å². The van der Waals surface area contributed by atoms with Crippen LogP contribution in [0.15, 0.2) is 25.3 Å². The first-order valence-corrected chi connectivity index (χ1v) is 6.04. The Balaban J connectivity index is 4.12. The van der Waals surface area contributed by atoms with Gasteiger partial charge in [-0.15, -0.1) is 13.2 Å². The Morgan fingerprint density at radius 1 is 1.54 bits per heavy atom. The van der Waals surface area contributed by atoms with Crippen LogP contribution in [0.4, 0.5) is 0 Å². The number of hydrogen-bond acceptors (Lipinski definition) is 2. The van der Waals surface area contributed by atoms with Crippen LogP contribution < -0.4 is 0 Å². The average molecular weight is 204 g/mol. The van der Waals surface area contributed by atoms with Crippen LogP contribution in [0.3, 0.4) is 0 Å². The van der Waals surface area contributed by atoms with Gasteiger partial charge in [0.25, 0.3) is 0 Å². The fraction of sp³-hybridized carbons (Fsp3) is 0.556. The maximum atomic E-state index is 11.3. The monoisotopic (exact) mass is 204 g/mol. The maximum absolute atomic E-state index is 11.3. The van der Waals surface area contributed by atoms with E-state index in [9.17, 15) is 9.46 Å². The van der Waals surface area contributed by atoms with Crippen LogP contribution in [0.5, 0.6) is 0 Å². The Morgan fingerprint density at radius 2 is 2.15 bits per heavy atom. The maximum Gasteiger partial charge on any atom is 0.332 e. The number of allylic oxidation sites excluding steroid dienone is 1. The number of hydrogen-bond donors (Lipinski definition) is 1. The molecule has 4 heteroatoms. The summed E-state index contributed by atoms with van der Waals surface area (Å²) in [6.07, 6.45) is 4.16. The largest absolute Gasteiger partial charge is 0.332 e. The Labute approximate surface area is 79.7 Å². The summed E-state index contributed by atoms with van der Waals surface area (Å²) in [6.45, 7) is 8.85. The minimum atomic E-state index is -3.46. The van der Waals surface area contributed by atoms with Gasteiger partial charge in [-0.2, -0.15) is 0 Å². The number of rotatable bonds is 7. The predicted molar refractivity (Wildman–Crippen MR) is 54.9 cm³/mol. The minimum Gasteiger partial charge on any atom is -0.324 e. The Morgan fingerprint density at radius 3 is 2.54 bits per heavy atom. The van der Waals surface area contributed by atoms with E-state index in [1.54, 1.807) is 6.08 Å². The zero-order valence-electron chi connectivity index (χ0n) is 7.98. The third kappa shape index (κ3) is 5.81. The minimum absolute atomic E-state index is 0.000638. The lowest BCUT2D eigenvalue weighted by Crippen LogP contribution is -2.09. The van der Waals surface area contributed by atoms with Gasteiger partial charge in [-0.05, 0) is 12.8 Å². The molecule has 76 valence electrons. The van der Waals surface area contributed by atoms with E-state index in [1.807, 2.05) is 6.92 Å². The van der Waals surface area contributed by atoms with E-state index >= 15 is 0 Å². The van der Waals surface area contributed by atoms with Crippen molar-refractivity contribution < 1.29 is 14.0 Å². The van der Waals surface area contributed by atoms with Crippen molar-refractivity contribution in [3.05, 3.63) is 25.3 Å². The fourth-order valence-corrected chi connectivity index (χ4v) is 2.02. The molecule has 0 aliphatic heterocycles. The van der Waals surface area contributed by atoms with Crippen molar-refractivity contribution in [1.29, 1.82) is 0 Å². The zero-order valence-corrected chi connectivity index (χ0v) is 8.87. The summed E-state index contributed by atoms with van der Waals surface area (Å²) in [5, 5.41) is 0. The lowest BCUT2D eigenvalue weighted by Gasteiger charge is -2.17. The molecule has 0 bridgehead atoms. The van der Waals surface area contributed by atoms with Gasteiger partial charge >= 0.3 is 7.60 Å². The summed E-state index contributed by atoms with van der Waals surface area (Å²) >= 11 is 0. The summed E-state index contributed by atoms with van der Waals surface area (Å²) in [6, 6.07) is 0. The fourth-order valence-electron chi connectivity index (χ4n) is 0.909. The summed E-state index contributed by atoms with van der Waals surface area (Å²) in [4.78, 5) is 9.27. The molecule has 0 aromatic carbocycles. The SMILES string of the molecule is C=CCC(CC)OP(=O)(O)CC=C. The predicted octanol–water partition coefficient (Wildman–Crippen LogP) is 2.73. The van der Waals surface area contributed by atoms with Crippen LogP contribution in [0.25, 0.3) is 0 Å². The topological polar surface area (TPSA) is 46.5 Å². The standard InChI is InChI=1S/C9H17O3P/c1-4-7-9(6-3)12-13(10,11)8-5-2/h4-5,9H,1-2,6-8H2,3H3,(H,10,11). The first-order chi connectivity index (χ1) is 6.05. The highest BCUT2D eigenvalue weighted by molar-refractivity contribution is 7.53. The van der Waals surface area contributed by atoms with Crippen molar-refractivity contribution in [2.24, 2.45) is 0 Å². The molecular formula is C9H17O3P. The molecule has 0 rings (SSSR count). The van der Waals surface area contributed by atoms with E-state index in [-0.39, 0.29) is 12.3 Å². The van der Waals surface area contributed by atoms with Crippen molar-refractivity contribution >= 4 is 7.60 Å². The van der Waals surface area contributed by atoms with Crippen molar-refractivity contribution in [2.75, 3.05) is 6.16 Å². The van der Waals surface area contributed by atoms with E-state index < -0.39 is 7.60 Å². The molecule has 0 radical (unpaired) electrons. The molecule has 0 aliphatic rings. The Hall–Kier alpha value is -0.370. The van der Waals surface area contributed by atoms with Gasteiger partial charge in [0.15, 0.2) is 0 Å². The van der Waals surface area contributed by atoms with Gasteiger partial charge in [0.05, 0.1) is 12.3 Å². The van der Waals surface area contributed by atoms with Crippen molar-refractivity contribution in [3.63, 3.8) is 0 Å². The molecule has 0 aromatic heterocycles. The first kappa shape index (κ1) is 12.6. The molecule has 0 spiro atoms. The van der Waals surface area contributed by atoms with Gasteiger partial charge < -0.3 is 9.42 Å².